The van der Waals surface area contributed by atoms with Crippen molar-refractivity contribution in [3.63, 3.8) is 0 Å². The van der Waals surface area contributed by atoms with Gasteiger partial charge in [0.15, 0.2) is 0 Å². The summed E-state index contributed by atoms with van der Waals surface area (Å²) in [5, 5.41) is 3.12. The van der Waals surface area contributed by atoms with Gasteiger partial charge in [-0.25, -0.2) is 5.01 Å². The molecule has 1 N–H and O–H groups in total. The lowest BCUT2D eigenvalue weighted by molar-refractivity contribution is -0.133. The number of likely N-dealkylation sites (tertiary alicyclic amines) is 1. The predicted molar refractivity (Wildman–Crippen MR) is 170 cm³/mol. The van der Waals surface area contributed by atoms with Gasteiger partial charge in [0, 0.05) is 38.2 Å². The van der Waals surface area contributed by atoms with Gasteiger partial charge in [-0.2, -0.15) is 0 Å². The van der Waals surface area contributed by atoms with Crippen molar-refractivity contribution < 1.29 is 9.59 Å². The van der Waals surface area contributed by atoms with Crippen LogP contribution in [0.15, 0.2) is 78.9 Å². The van der Waals surface area contributed by atoms with E-state index in [1.54, 1.807) is 4.90 Å². The Kier molecular flexibility index (Phi) is 10.2. The van der Waals surface area contributed by atoms with Gasteiger partial charge in [-0.15, -0.1) is 0 Å². The zero-order valence-corrected chi connectivity index (χ0v) is 25.8. The molecule has 2 amide bonds. The summed E-state index contributed by atoms with van der Waals surface area (Å²) in [7, 11) is 1.86. The monoisotopic (exact) mass is 606 g/mol. The molecule has 0 saturated carbocycles. The Morgan fingerprint density at radius 3 is 2.17 bits per heavy atom. The van der Waals surface area contributed by atoms with Crippen LogP contribution in [0.2, 0.25) is 10.0 Å². The van der Waals surface area contributed by atoms with E-state index in [1.165, 1.54) is 0 Å². The summed E-state index contributed by atoms with van der Waals surface area (Å²) in [4.78, 5) is 31.2. The highest BCUT2D eigenvalue weighted by Gasteiger charge is 2.43. The Morgan fingerprint density at radius 1 is 0.881 bits per heavy atom. The number of amides is 2. The van der Waals surface area contributed by atoms with Gasteiger partial charge in [0.1, 0.15) is 0 Å². The number of rotatable bonds is 10. The van der Waals surface area contributed by atoms with Crippen molar-refractivity contribution in [2.45, 2.75) is 43.4 Å². The van der Waals surface area contributed by atoms with Crippen LogP contribution >= 0.6 is 23.2 Å². The number of hydrogen-bond acceptors (Lipinski definition) is 4. The van der Waals surface area contributed by atoms with E-state index in [9.17, 15) is 9.59 Å². The maximum absolute atomic E-state index is 13.8. The zero-order valence-electron chi connectivity index (χ0n) is 24.3. The van der Waals surface area contributed by atoms with E-state index >= 15 is 0 Å². The lowest BCUT2D eigenvalue weighted by Crippen LogP contribution is -2.55. The summed E-state index contributed by atoms with van der Waals surface area (Å²) in [5.74, 6) is 0.192. The zero-order chi connectivity index (χ0) is 29.5. The number of halogens is 2. The first-order valence-corrected chi connectivity index (χ1v) is 15.7. The molecule has 0 aromatic heterocycles. The summed E-state index contributed by atoms with van der Waals surface area (Å²) in [6.07, 6.45) is 4.63. The van der Waals surface area contributed by atoms with Gasteiger partial charge in [0.25, 0.3) is 5.91 Å². The van der Waals surface area contributed by atoms with Crippen LogP contribution in [-0.4, -0.2) is 72.9 Å². The SMILES string of the molecule is CN(CC(CCN1CCC(C(=O)NN2CCCC2)(c2ccccc2)CC1)c1ccc(Cl)c(Cl)c1)C(=O)c1ccccc1. The largest absolute Gasteiger partial charge is 0.341 e. The number of likely N-dealkylation sites (N-methyl/N-ethyl adjacent to an activating group) is 1. The average Bonchev–Trinajstić information content (AvgIpc) is 3.54. The molecule has 0 aliphatic carbocycles. The Balaban J connectivity index is 1.27. The number of benzene rings is 3. The third kappa shape index (κ3) is 7.17. The normalized spacial score (nSPS) is 18.0. The minimum absolute atomic E-state index is 0.00436. The molecule has 5 rings (SSSR count). The third-order valence-electron chi connectivity index (χ3n) is 8.91. The number of carbonyl (C=O) groups excluding carboxylic acids is 2. The molecule has 0 spiro atoms. The van der Waals surface area contributed by atoms with Crippen LogP contribution in [0.4, 0.5) is 0 Å². The van der Waals surface area contributed by atoms with Gasteiger partial charge in [-0.3, -0.25) is 15.0 Å². The lowest BCUT2D eigenvalue weighted by atomic mass is 9.72. The van der Waals surface area contributed by atoms with Gasteiger partial charge in [0.05, 0.1) is 15.5 Å². The summed E-state index contributed by atoms with van der Waals surface area (Å²) in [6, 6.07) is 25.4. The number of carbonyl (C=O) groups is 2. The third-order valence-corrected chi connectivity index (χ3v) is 9.65. The van der Waals surface area contributed by atoms with Crippen molar-refractivity contribution in [2.75, 3.05) is 46.3 Å². The van der Waals surface area contributed by atoms with Gasteiger partial charge in [0.2, 0.25) is 5.91 Å². The van der Waals surface area contributed by atoms with Gasteiger partial charge < -0.3 is 9.80 Å². The quantitative estimate of drug-likeness (QED) is 0.290. The molecule has 222 valence electrons. The highest BCUT2D eigenvalue weighted by Crippen LogP contribution is 2.37. The second-order valence-electron chi connectivity index (χ2n) is 11.6. The second kappa shape index (κ2) is 14.0. The number of nitrogens with zero attached hydrogens (tertiary/aromatic N) is 3. The highest BCUT2D eigenvalue weighted by atomic mass is 35.5. The molecule has 3 aromatic rings. The van der Waals surface area contributed by atoms with E-state index in [0.29, 0.717) is 22.2 Å². The topological polar surface area (TPSA) is 55.9 Å². The smallest absolute Gasteiger partial charge is 0.253 e. The number of piperidine rings is 1. The van der Waals surface area contributed by atoms with E-state index in [0.717, 1.165) is 76.0 Å². The van der Waals surface area contributed by atoms with Gasteiger partial charge in [-0.05, 0) is 87.1 Å². The second-order valence-corrected chi connectivity index (χ2v) is 12.5. The van der Waals surface area contributed by atoms with Gasteiger partial charge in [-0.1, -0.05) is 77.8 Å². The Bertz CT molecular complexity index is 1340. The number of hydrogen-bond donors (Lipinski definition) is 1. The van der Waals surface area contributed by atoms with Crippen molar-refractivity contribution in [3.05, 3.63) is 106 Å². The minimum Gasteiger partial charge on any atom is -0.341 e. The molecule has 2 aliphatic rings. The van der Waals surface area contributed by atoms with Crippen molar-refractivity contribution in [1.29, 1.82) is 0 Å². The summed E-state index contributed by atoms with van der Waals surface area (Å²) < 4.78 is 0. The standard InChI is InChI=1S/C34H40Cl2N4O2/c1-38(32(41)26-10-4-2-5-11-26)25-28(27-14-15-30(35)31(36)24-27)16-21-39-22-17-34(18-23-39,29-12-6-3-7-13-29)33(42)37-40-19-8-9-20-40/h2-7,10-15,24,28H,8-9,16-23,25H2,1H3,(H,37,42). The van der Waals surface area contributed by atoms with Crippen LogP contribution in [0, 0.1) is 0 Å². The fourth-order valence-electron chi connectivity index (χ4n) is 6.32. The van der Waals surface area contributed by atoms with Crippen molar-refractivity contribution in [1.82, 2.24) is 20.2 Å². The van der Waals surface area contributed by atoms with Crippen LogP contribution < -0.4 is 5.43 Å². The van der Waals surface area contributed by atoms with Crippen LogP contribution in [0.1, 0.15) is 59.5 Å². The molecule has 2 aliphatic heterocycles. The highest BCUT2D eigenvalue weighted by molar-refractivity contribution is 6.42. The van der Waals surface area contributed by atoms with Gasteiger partial charge >= 0.3 is 0 Å². The number of hydrazine groups is 1. The molecule has 2 fully saturated rings. The molecule has 0 bridgehead atoms. The molecule has 8 heteroatoms. The minimum atomic E-state index is -0.536. The first-order valence-electron chi connectivity index (χ1n) is 14.9. The lowest BCUT2D eigenvalue weighted by Gasteiger charge is -2.42. The molecule has 6 nitrogen and oxygen atoms in total. The van der Waals surface area contributed by atoms with E-state index in [1.807, 2.05) is 73.8 Å². The maximum Gasteiger partial charge on any atom is 0.253 e. The first-order chi connectivity index (χ1) is 20.4. The van der Waals surface area contributed by atoms with E-state index in [4.69, 9.17) is 23.2 Å². The van der Waals surface area contributed by atoms with Crippen molar-refractivity contribution >= 4 is 35.0 Å². The summed E-state index contributed by atoms with van der Waals surface area (Å²) >= 11 is 12.7. The van der Waals surface area contributed by atoms with Crippen molar-refractivity contribution in [2.24, 2.45) is 0 Å². The molecular weight excluding hydrogens is 567 g/mol. The van der Waals surface area contributed by atoms with Crippen LogP contribution in [-0.2, 0) is 10.2 Å². The van der Waals surface area contributed by atoms with Crippen LogP contribution in [0.3, 0.4) is 0 Å². The molecule has 2 saturated heterocycles. The molecule has 1 atom stereocenters. The predicted octanol–water partition coefficient (Wildman–Crippen LogP) is 6.40. The molecule has 0 radical (unpaired) electrons. The van der Waals surface area contributed by atoms with E-state index < -0.39 is 5.41 Å². The molecule has 2 heterocycles. The Labute approximate surface area is 259 Å². The van der Waals surface area contributed by atoms with E-state index in [2.05, 4.69) is 27.5 Å². The molecule has 1 unspecified atom stereocenters. The number of nitrogens with one attached hydrogen (secondary N) is 1. The fraction of sp³-hybridized carbons (Fsp3) is 0.412. The summed E-state index contributed by atoms with van der Waals surface area (Å²) in [6.45, 7) is 4.91. The molecule has 3 aromatic carbocycles. The Morgan fingerprint density at radius 2 is 1.52 bits per heavy atom. The molecule has 42 heavy (non-hydrogen) atoms. The fourth-order valence-corrected chi connectivity index (χ4v) is 6.63. The molecular formula is C34H40Cl2N4O2. The van der Waals surface area contributed by atoms with Crippen molar-refractivity contribution in [3.8, 4) is 0 Å². The summed E-state index contributed by atoms with van der Waals surface area (Å²) in [5.41, 5.74) is 5.54. The van der Waals surface area contributed by atoms with Crippen LogP contribution in [0.25, 0.3) is 0 Å². The van der Waals surface area contributed by atoms with E-state index in [-0.39, 0.29) is 17.7 Å². The van der Waals surface area contributed by atoms with Crippen LogP contribution in [0.5, 0.6) is 0 Å². The average molecular weight is 608 g/mol. The maximum atomic E-state index is 13.8. The Hall–Kier alpha value is -2.90. The first kappa shape index (κ1) is 30.6.